The van der Waals surface area contributed by atoms with Crippen LogP contribution < -0.4 is 4.72 Å². The number of fused-ring (bicyclic) bond motifs is 1. The van der Waals surface area contributed by atoms with Crippen molar-refractivity contribution >= 4 is 15.9 Å². The molecule has 1 aliphatic rings. The summed E-state index contributed by atoms with van der Waals surface area (Å²) in [5, 5.41) is 8.65. The van der Waals surface area contributed by atoms with Gasteiger partial charge in [-0.1, -0.05) is 18.6 Å². The number of benzene rings is 1. The smallest absolute Gasteiger partial charge is 0.301 e. The molecule has 1 aliphatic heterocycles. The molecule has 0 amide bonds. The molecular formula is C16H23N5O2S. The van der Waals surface area contributed by atoms with Gasteiger partial charge in [-0.3, -0.25) is 4.72 Å². The highest BCUT2D eigenvalue weighted by Gasteiger charge is 2.18. The van der Waals surface area contributed by atoms with E-state index in [0.717, 1.165) is 52.9 Å². The maximum absolute atomic E-state index is 12.1. The molecule has 0 atom stereocenters. The van der Waals surface area contributed by atoms with Crippen LogP contribution in [0.25, 0.3) is 11.4 Å². The van der Waals surface area contributed by atoms with E-state index in [0.29, 0.717) is 5.69 Å². The monoisotopic (exact) mass is 349 g/mol. The van der Waals surface area contributed by atoms with Gasteiger partial charge in [-0.25, -0.2) is 0 Å². The van der Waals surface area contributed by atoms with Gasteiger partial charge in [-0.2, -0.15) is 12.7 Å². The fourth-order valence-electron chi connectivity index (χ4n) is 2.80. The van der Waals surface area contributed by atoms with Crippen LogP contribution >= 0.6 is 0 Å². The molecule has 0 saturated heterocycles. The summed E-state index contributed by atoms with van der Waals surface area (Å²) in [5.74, 6) is 1.82. The first-order chi connectivity index (χ1) is 11.4. The molecule has 1 aromatic carbocycles. The molecule has 7 nitrogen and oxygen atoms in total. The van der Waals surface area contributed by atoms with Crippen LogP contribution in [-0.2, 0) is 23.2 Å². The zero-order valence-corrected chi connectivity index (χ0v) is 15.1. The zero-order chi connectivity index (χ0) is 17.3. The molecule has 8 heteroatoms. The van der Waals surface area contributed by atoms with E-state index in [-0.39, 0.29) is 0 Å². The Morgan fingerprint density at radius 1 is 1.17 bits per heavy atom. The molecule has 0 unspecified atom stereocenters. The fraction of sp³-hybridized carbons (Fsp3) is 0.500. The van der Waals surface area contributed by atoms with Crippen molar-refractivity contribution in [3.8, 4) is 11.4 Å². The van der Waals surface area contributed by atoms with Gasteiger partial charge in [0.2, 0.25) is 0 Å². The van der Waals surface area contributed by atoms with E-state index >= 15 is 0 Å². The lowest BCUT2D eigenvalue weighted by atomic mass is 10.1. The van der Waals surface area contributed by atoms with Crippen LogP contribution in [0.15, 0.2) is 18.2 Å². The molecule has 3 rings (SSSR count). The average Bonchev–Trinajstić information content (AvgIpc) is 2.78. The van der Waals surface area contributed by atoms with Crippen molar-refractivity contribution in [2.45, 2.75) is 39.2 Å². The van der Waals surface area contributed by atoms with Crippen LogP contribution in [0.5, 0.6) is 0 Å². The number of rotatable bonds is 4. The van der Waals surface area contributed by atoms with Crippen molar-refractivity contribution in [2.75, 3.05) is 18.8 Å². The van der Waals surface area contributed by atoms with Crippen molar-refractivity contribution in [3.05, 3.63) is 29.6 Å². The summed E-state index contributed by atoms with van der Waals surface area (Å²) in [7, 11) is -0.542. The summed E-state index contributed by atoms with van der Waals surface area (Å²) < 4.78 is 30.2. The first-order valence-corrected chi connectivity index (χ1v) is 9.56. The summed E-state index contributed by atoms with van der Waals surface area (Å²) >= 11 is 0. The normalized spacial score (nSPS) is 15.2. The summed E-state index contributed by atoms with van der Waals surface area (Å²) in [6.07, 6.45) is 4.40. The van der Waals surface area contributed by atoms with Crippen LogP contribution in [0.4, 0.5) is 5.69 Å². The second kappa shape index (κ2) is 6.52. The molecule has 1 N–H and O–H groups in total. The van der Waals surface area contributed by atoms with E-state index in [1.54, 1.807) is 0 Å². The van der Waals surface area contributed by atoms with E-state index in [4.69, 9.17) is 0 Å². The minimum atomic E-state index is -3.54. The van der Waals surface area contributed by atoms with Crippen LogP contribution in [0.1, 0.15) is 30.7 Å². The van der Waals surface area contributed by atoms with Crippen molar-refractivity contribution in [1.29, 1.82) is 0 Å². The van der Waals surface area contributed by atoms with Crippen molar-refractivity contribution < 1.29 is 8.42 Å². The summed E-state index contributed by atoms with van der Waals surface area (Å²) in [6.45, 7) is 2.78. The molecule has 0 fully saturated rings. The first kappa shape index (κ1) is 16.9. The molecule has 1 aromatic heterocycles. The Kier molecular flexibility index (Phi) is 4.60. The van der Waals surface area contributed by atoms with Crippen molar-refractivity contribution in [1.82, 2.24) is 19.1 Å². The first-order valence-electron chi connectivity index (χ1n) is 8.12. The van der Waals surface area contributed by atoms with E-state index in [9.17, 15) is 8.42 Å². The highest BCUT2D eigenvalue weighted by atomic mass is 32.2. The van der Waals surface area contributed by atoms with Crippen molar-refractivity contribution in [2.24, 2.45) is 0 Å². The molecule has 2 aromatic rings. The van der Waals surface area contributed by atoms with Gasteiger partial charge in [0.05, 0.1) is 5.69 Å². The Labute approximate surface area is 142 Å². The van der Waals surface area contributed by atoms with Crippen molar-refractivity contribution in [3.63, 3.8) is 0 Å². The zero-order valence-electron chi connectivity index (χ0n) is 14.3. The molecule has 0 radical (unpaired) electrons. The topological polar surface area (TPSA) is 80.1 Å². The Morgan fingerprint density at radius 2 is 1.96 bits per heavy atom. The number of anilines is 1. The third-order valence-corrected chi connectivity index (χ3v) is 5.76. The molecule has 130 valence electrons. The highest BCUT2D eigenvalue weighted by Crippen LogP contribution is 2.27. The lowest BCUT2D eigenvalue weighted by molar-refractivity contribution is 0.527. The molecule has 0 saturated carbocycles. The summed E-state index contributed by atoms with van der Waals surface area (Å²) in [6, 6.07) is 5.70. The number of nitrogens with zero attached hydrogens (tertiary/aromatic N) is 4. The fourth-order valence-corrected chi connectivity index (χ4v) is 3.48. The van der Waals surface area contributed by atoms with Gasteiger partial charge in [0.15, 0.2) is 5.82 Å². The lowest BCUT2D eigenvalue weighted by Crippen LogP contribution is -2.29. The van der Waals surface area contributed by atoms with Crippen LogP contribution in [0.3, 0.4) is 0 Å². The summed E-state index contributed by atoms with van der Waals surface area (Å²) in [5.41, 5.74) is 2.30. The van der Waals surface area contributed by atoms with E-state index in [1.807, 2.05) is 25.1 Å². The average molecular weight is 349 g/mol. The molecule has 0 bridgehead atoms. The van der Waals surface area contributed by atoms with Gasteiger partial charge in [-0.05, 0) is 31.4 Å². The minimum Gasteiger partial charge on any atom is -0.311 e. The Morgan fingerprint density at radius 3 is 2.71 bits per heavy atom. The van der Waals surface area contributed by atoms with Gasteiger partial charge in [0.1, 0.15) is 5.82 Å². The number of hydrogen-bond acceptors (Lipinski definition) is 4. The largest absolute Gasteiger partial charge is 0.311 e. The Hall–Kier alpha value is -1.93. The quantitative estimate of drug-likeness (QED) is 0.917. The summed E-state index contributed by atoms with van der Waals surface area (Å²) in [4.78, 5) is 0. The molecular weight excluding hydrogens is 326 g/mol. The number of aryl methyl sites for hydroxylation is 2. The van der Waals surface area contributed by atoms with Crippen LogP contribution in [-0.4, -0.2) is 41.6 Å². The maximum atomic E-state index is 12.1. The van der Waals surface area contributed by atoms with Crippen LogP contribution in [0.2, 0.25) is 0 Å². The number of hydrogen-bond donors (Lipinski definition) is 1. The molecule has 0 aliphatic carbocycles. The second-order valence-corrected chi connectivity index (χ2v) is 8.21. The molecule has 0 spiro atoms. The SMILES string of the molecule is Cc1ccc(-c2nnc3n2CCCCC3)cc1NS(=O)(=O)N(C)C. The second-order valence-electron chi connectivity index (χ2n) is 6.32. The predicted molar refractivity (Wildman–Crippen MR) is 94.0 cm³/mol. The van der Waals surface area contributed by atoms with E-state index in [1.165, 1.54) is 20.5 Å². The minimum absolute atomic E-state index is 0.562. The third-order valence-electron chi connectivity index (χ3n) is 4.32. The standard InChI is InChI=1S/C16H23N5O2S/c1-12-8-9-13(11-14(12)19-24(22,23)20(2)3)16-18-17-15-7-5-4-6-10-21(15)16/h8-9,11,19H,4-7,10H2,1-3H3. The van der Waals surface area contributed by atoms with Gasteiger partial charge in [-0.15, -0.1) is 10.2 Å². The van der Waals surface area contributed by atoms with E-state index in [2.05, 4.69) is 19.5 Å². The predicted octanol–water partition coefficient (Wildman–Crippen LogP) is 2.20. The Bertz CT molecular complexity index is 842. The highest BCUT2D eigenvalue weighted by molar-refractivity contribution is 7.90. The van der Waals surface area contributed by atoms with Crippen LogP contribution in [0, 0.1) is 6.92 Å². The maximum Gasteiger partial charge on any atom is 0.301 e. The van der Waals surface area contributed by atoms with E-state index < -0.39 is 10.2 Å². The molecule has 2 heterocycles. The van der Waals surface area contributed by atoms with Gasteiger partial charge in [0, 0.05) is 32.6 Å². The van der Waals surface area contributed by atoms with Gasteiger partial charge >= 0.3 is 10.2 Å². The third kappa shape index (κ3) is 3.29. The molecule has 24 heavy (non-hydrogen) atoms. The Balaban J connectivity index is 1.99. The lowest BCUT2D eigenvalue weighted by Gasteiger charge is -2.16. The van der Waals surface area contributed by atoms with Gasteiger partial charge in [0.25, 0.3) is 0 Å². The number of aromatic nitrogens is 3. The van der Waals surface area contributed by atoms with Gasteiger partial charge < -0.3 is 4.57 Å². The number of nitrogens with one attached hydrogen (secondary N) is 1.